The molecule has 0 spiro atoms. The number of amides is 2. The van der Waals surface area contributed by atoms with Gasteiger partial charge < -0.3 is 15.6 Å². The van der Waals surface area contributed by atoms with Crippen LogP contribution in [0.2, 0.25) is 5.02 Å². The predicted octanol–water partition coefficient (Wildman–Crippen LogP) is 1.54. The van der Waals surface area contributed by atoms with Crippen molar-refractivity contribution >= 4 is 35.2 Å². The van der Waals surface area contributed by atoms with Crippen molar-refractivity contribution in [3.63, 3.8) is 0 Å². The van der Waals surface area contributed by atoms with Gasteiger partial charge in [-0.25, -0.2) is 0 Å². The number of hydrogen-bond donors (Lipinski definition) is 2. The summed E-state index contributed by atoms with van der Waals surface area (Å²) in [6.45, 7) is 1.81. The summed E-state index contributed by atoms with van der Waals surface area (Å²) in [6, 6.07) is 6.26. The maximum atomic E-state index is 12.2. The van der Waals surface area contributed by atoms with E-state index in [0.717, 1.165) is 0 Å². The fourth-order valence-electron chi connectivity index (χ4n) is 1.91. The molecule has 1 atom stereocenters. The Labute approximate surface area is 142 Å². The third kappa shape index (κ3) is 4.46. The number of carbonyl (C=O) groups is 2. The van der Waals surface area contributed by atoms with E-state index in [4.69, 9.17) is 17.3 Å². The van der Waals surface area contributed by atoms with E-state index in [1.807, 2.05) is 0 Å². The first-order chi connectivity index (χ1) is 10.9. The highest BCUT2D eigenvalue weighted by molar-refractivity contribution is 7.99. The first-order valence-corrected chi connectivity index (χ1v) is 8.11. The molecule has 2 amide bonds. The van der Waals surface area contributed by atoms with Crippen molar-refractivity contribution in [3.8, 4) is 0 Å². The lowest BCUT2D eigenvalue weighted by atomic mass is 10.2. The highest BCUT2D eigenvalue weighted by Crippen LogP contribution is 2.19. The molecular weight excluding hydrogens is 338 g/mol. The van der Waals surface area contributed by atoms with Crippen LogP contribution in [0, 0.1) is 0 Å². The van der Waals surface area contributed by atoms with E-state index < -0.39 is 5.91 Å². The SMILES string of the molecule is C[C@H](NC(=O)c1ccc(Cl)cc1)c1nnc(SCC(N)=O)n1C. The number of primary amides is 1. The average molecular weight is 354 g/mol. The van der Waals surface area contributed by atoms with E-state index in [2.05, 4.69) is 15.5 Å². The number of nitrogens with zero attached hydrogens (tertiary/aromatic N) is 3. The molecule has 1 aromatic carbocycles. The van der Waals surface area contributed by atoms with Crippen LogP contribution in [0.5, 0.6) is 0 Å². The zero-order valence-corrected chi connectivity index (χ0v) is 14.2. The van der Waals surface area contributed by atoms with Gasteiger partial charge in [-0.1, -0.05) is 23.4 Å². The first-order valence-electron chi connectivity index (χ1n) is 6.75. The summed E-state index contributed by atoms with van der Waals surface area (Å²) in [6.07, 6.45) is 0. The van der Waals surface area contributed by atoms with Crippen LogP contribution >= 0.6 is 23.4 Å². The molecule has 0 bridgehead atoms. The molecule has 1 heterocycles. The van der Waals surface area contributed by atoms with Crippen molar-refractivity contribution < 1.29 is 9.59 Å². The van der Waals surface area contributed by atoms with E-state index in [0.29, 0.717) is 21.6 Å². The van der Waals surface area contributed by atoms with Crippen LogP contribution in [-0.2, 0) is 11.8 Å². The first kappa shape index (κ1) is 17.3. The molecule has 0 fully saturated rings. The second kappa shape index (κ2) is 7.47. The third-order valence-corrected chi connectivity index (χ3v) is 4.35. The molecule has 0 aliphatic rings. The van der Waals surface area contributed by atoms with Gasteiger partial charge in [0.2, 0.25) is 5.91 Å². The zero-order chi connectivity index (χ0) is 17.0. The number of nitrogens with one attached hydrogen (secondary N) is 1. The van der Waals surface area contributed by atoms with Crippen LogP contribution in [0.4, 0.5) is 0 Å². The van der Waals surface area contributed by atoms with Crippen LogP contribution in [0.1, 0.15) is 29.1 Å². The summed E-state index contributed by atoms with van der Waals surface area (Å²) in [5.41, 5.74) is 5.62. The molecule has 0 aliphatic carbocycles. The number of hydrogen-bond acceptors (Lipinski definition) is 5. The Kier molecular flexibility index (Phi) is 5.62. The maximum absolute atomic E-state index is 12.2. The second-order valence-corrected chi connectivity index (χ2v) is 6.24. The van der Waals surface area contributed by atoms with Gasteiger partial charge in [-0.05, 0) is 31.2 Å². The highest BCUT2D eigenvalue weighted by Gasteiger charge is 2.18. The standard InChI is InChI=1S/C14H16ClN5O2S/c1-8(17-13(22)9-3-5-10(15)6-4-9)12-18-19-14(20(12)2)23-7-11(16)21/h3-6,8H,7H2,1-2H3,(H2,16,21)(H,17,22)/t8-/m0/s1. The Morgan fingerprint density at radius 1 is 1.35 bits per heavy atom. The minimum absolute atomic E-state index is 0.123. The minimum Gasteiger partial charge on any atom is -0.369 e. The molecular formula is C14H16ClN5O2S. The van der Waals surface area contributed by atoms with Crippen molar-refractivity contribution in [1.29, 1.82) is 0 Å². The molecule has 0 radical (unpaired) electrons. The number of carbonyl (C=O) groups excluding carboxylic acids is 2. The van der Waals surface area contributed by atoms with Crippen LogP contribution in [0.25, 0.3) is 0 Å². The van der Waals surface area contributed by atoms with E-state index in [1.165, 1.54) is 11.8 Å². The lowest BCUT2D eigenvalue weighted by Gasteiger charge is -2.13. The molecule has 7 nitrogen and oxygen atoms in total. The van der Waals surface area contributed by atoms with E-state index in [1.54, 1.807) is 42.8 Å². The largest absolute Gasteiger partial charge is 0.369 e. The van der Waals surface area contributed by atoms with Crippen LogP contribution < -0.4 is 11.1 Å². The number of aromatic nitrogens is 3. The lowest BCUT2D eigenvalue weighted by molar-refractivity contribution is -0.115. The van der Waals surface area contributed by atoms with Gasteiger partial charge in [-0.3, -0.25) is 9.59 Å². The van der Waals surface area contributed by atoms with Gasteiger partial charge in [0.05, 0.1) is 11.8 Å². The molecule has 2 aromatic rings. The third-order valence-electron chi connectivity index (χ3n) is 3.05. The number of rotatable bonds is 6. The molecule has 0 saturated heterocycles. The molecule has 122 valence electrons. The minimum atomic E-state index is -0.427. The van der Waals surface area contributed by atoms with Gasteiger partial charge in [0.1, 0.15) is 0 Å². The number of benzene rings is 1. The summed E-state index contributed by atoms with van der Waals surface area (Å²) in [4.78, 5) is 23.0. The fraction of sp³-hybridized carbons (Fsp3) is 0.286. The summed E-state index contributed by atoms with van der Waals surface area (Å²) >= 11 is 7.00. The van der Waals surface area contributed by atoms with Crippen molar-refractivity contribution in [2.75, 3.05) is 5.75 Å². The van der Waals surface area contributed by atoms with Gasteiger partial charge in [0.15, 0.2) is 11.0 Å². The van der Waals surface area contributed by atoms with Gasteiger partial charge in [0.25, 0.3) is 5.91 Å². The molecule has 23 heavy (non-hydrogen) atoms. The topological polar surface area (TPSA) is 103 Å². The highest BCUT2D eigenvalue weighted by atomic mass is 35.5. The monoisotopic (exact) mass is 353 g/mol. The van der Waals surface area contributed by atoms with E-state index in [-0.39, 0.29) is 17.7 Å². The Balaban J connectivity index is 2.05. The molecule has 1 aromatic heterocycles. The van der Waals surface area contributed by atoms with Crippen molar-refractivity contribution in [1.82, 2.24) is 20.1 Å². The van der Waals surface area contributed by atoms with E-state index >= 15 is 0 Å². The maximum Gasteiger partial charge on any atom is 0.251 e. The van der Waals surface area contributed by atoms with Crippen LogP contribution in [-0.4, -0.2) is 32.3 Å². The van der Waals surface area contributed by atoms with Crippen molar-refractivity contribution in [2.45, 2.75) is 18.1 Å². The normalized spacial score (nSPS) is 12.0. The van der Waals surface area contributed by atoms with Crippen LogP contribution in [0.15, 0.2) is 29.4 Å². The summed E-state index contributed by atoms with van der Waals surface area (Å²) in [7, 11) is 1.77. The molecule has 0 aliphatic heterocycles. The van der Waals surface area contributed by atoms with Crippen molar-refractivity contribution in [2.24, 2.45) is 12.8 Å². The Bertz CT molecular complexity index is 716. The predicted molar refractivity (Wildman–Crippen MR) is 88.3 cm³/mol. The van der Waals surface area contributed by atoms with Gasteiger partial charge in [-0.2, -0.15) is 0 Å². The smallest absolute Gasteiger partial charge is 0.251 e. The van der Waals surface area contributed by atoms with Gasteiger partial charge >= 0.3 is 0 Å². The van der Waals surface area contributed by atoms with Crippen molar-refractivity contribution in [3.05, 3.63) is 40.7 Å². The van der Waals surface area contributed by atoms with Gasteiger partial charge in [-0.15, -0.1) is 10.2 Å². The molecule has 0 unspecified atom stereocenters. The zero-order valence-electron chi connectivity index (χ0n) is 12.6. The Morgan fingerprint density at radius 3 is 2.61 bits per heavy atom. The Hall–Kier alpha value is -2.06. The molecule has 3 N–H and O–H groups in total. The molecule has 9 heteroatoms. The quantitative estimate of drug-likeness (QED) is 0.767. The lowest BCUT2D eigenvalue weighted by Crippen LogP contribution is -2.28. The summed E-state index contributed by atoms with van der Waals surface area (Å²) in [5.74, 6) is 0.0451. The number of nitrogens with two attached hydrogens (primary N) is 1. The van der Waals surface area contributed by atoms with Gasteiger partial charge in [0, 0.05) is 17.6 Å². The molecule has 0 saturated carbocycles. The second-order valence-electron chi connectivity index (χ2n) is 4.86. The Morgan fingerprint density at radius 2 is 2.00 bits per heavy atom. The molecule has 2 rings (SSSR count). The fourth-order valence-corrected chi connectivity index (χ4v) is 2.69. The van der Waals surface area contributed by atoms with E-state index in [9.17, 15) is 9.59 Å². The van der Waals surface area contributed by atoms with Crippen LogP contribution in [0.3, 0.4) is 0 Å². The number of halogens is 1. The average Bonchev–Trinajstić information content (AvgIpc) is 2.86. The summed E-state index contributed by atoms with van der Waals surface area (Å²) < 4.78 is 1.72. The number of thioether (sulfide) groups is 1. The summed E-state index contributed by atoms with van der Waals surface area (Å²) in [5, 5.41) is 12.0.